The smallest absolute Gasteiger partial charge is 0.133 e. The van der Waals surface area contributed by atoms with Gasteiger partial charge in [0.2, 0.25) is 0 Å². The van der Waals surface area contributed by atoms with E-state index < -0.39 is 0 Å². The van der Waals surface area contributed by atoms with Crippen LogP contribution in [0.2, 0.25) is 0 Å². The van der Waals surface area contributed by atoms with Gasteiger partial charge in [0.15, 0.2) is 0 Å². The van der Waals surface area contributed by atoms with Crippen LogP contribution in [-0.2, 0) is 0 Å². The van der Waals surface area contributed by atoms with Crippen molar-refractivity contribution in [2.45, 2.75) is 26.2 Å². The largest absolute Gasteiger partial charge is 0.356 e. The standard InChI is InChI=1S/C12H18FN3/c1-9(2)12-14-5-3-11(15-12)16-6-4-10(7-13)8-16/h3,5,9-10H,4,6-8H2,1-2H3. The second kappa shape index (κ2) is 4.76. The van der Waals surface area contributed by atoms with Crippen molar-refractivity contribution in [3.63, 3.8) is 0 Å². The van der Waals surface area contributed by atoms with E-state index in [9.17, 15) is 4.39 Å². The number of nitrogens with zero attached hydrogens (tertiary/aromatic N) is 3. The maximum absolute atomic E-state index is 12.5. The molecule has 2 heterocycles. The topological polar surface area (TPSA) is 29.0 Å². The molecule has 88 valence electrons. The molecular formula is C12H18FN3. The minimum atomic E-state index is -0.224. The van der Waals surface area contributed by atoms with Gasteiger partial charge in [-0.15, -0.1) is 0 Å². The van der Waals surface area contributed by atoms with Crippen molar-refractivity contribution >= 4 is 5.82 Å². The van der Waals surface area contributed by atoms with Crippen molar-refractivity contribution in [1.29, 1.82) is 0 Å². The van der Waals surface area contributed by atoms with Crippen molar-refractivity contribution in [2.24, 2.45) is 5.92 Å². The minimum Gasteiger partial charge on any atom is -0.356 e. The zero-order valence-corrected chi connectivity index (χ0v) is 9.86. The van der Waals surface area contributed by atoms with Crippen molar-refractivity contribution in [3.05, 3.63) is 18.1 Å². The van der Waals surface area contributed by atoms with Crippen molar-refractivity contribution < 1.29 is 4.39 Å². The van der Waals surface area contributed by atoms with Gasteiger partial charge >= 0.3 is 0 Å². The highest BCUT2D eigenvalue weighted by molar-refractivity contribution is 5.39. The number of aromatic nitrogens is 2. The van der Waals surface area contributed by atoms with Crippen LogP contribution in [0.4, 0.5) is 10.2 Å². The monoisotopic (exact) mass is 223 g/mol. The number of rotatable bonds is 3. The van der Waals surface area contributed by atoms with Crippen LogP contribution in [0, 0.1) is 5.92 Å². The third-order valence-corrected chi connectivity index (χ3v) is 3.00. The van der Waals surface area contributed by atoms with Crippen LogP contribution in [0.15, 0.2) is 12.3 Å². The van der Waals surface area contributed by atoms with E-state index in [0.29, 0.717) is 5.92 Å². The van der Waals surface area contributed by atoms with E-state index >= 15 is 0 Å². The predicted octanol–water partition coefficient (Wildman–Crippen LogP) is 2.40. The highest BCUT2D eigenvalue weighted by atomic mass is 19.1. The summed E-state index contributed by atoms with van der Waals surface area (Å²) < 4.78 is 12.5. The maximum atomic E-state index is 12.5. The number of halogens is 1. The maximum Gasteiger partial charge on any atom is 0.133 e. The molecule has 3 nitrogen and oxygen atoms in total. The third kappa shape index (κ3) is 2.31. The second-order valence-corrected chi connectivity index (χ2v) is 4.68. The Hall–Kier alpha value is -1.19. The molecule has 1 aliphatic rings. The summed E-state index contributed by atoms with van der Waals surface area (Å²) in [5.41, 5.74) is 0. The van der Waals surface area contributed by atoms with Gasteiger partial charge in [0, 0.05) is 31.1 Å². The number of alkyl halides is 1. The zero-order valence-electron chi connectivity index (χ0n) is 9.86. The molecule has 2 rings (SSSR count). The van der Waals surface area contributed by atoms with Gasteiger partial charge in [0.05, 0.1) is 6.67 Å². The molecule has 0 aromatic carbocycles. The van der Waals surface area contributed by atoms with Crippen LogP contribution in [0.25, 0.3) is 0 Å². The summed E-state index contributed by atoms with van der Waals surface area (Å²) in [6.45, 7) is 5.62. The lowest BCUT2D eigenvalue weighted by Crippen LogP contribution is -2.21. The molecule has 1 aromatic rings. The van der Waals surface area contributed by atoms with E-state index in [2.05, 4.69) is 28.7 Å². The average Bonchev–Trinajstić information content (AvgIpc) is 2.77. The molecule has 0 N–H and O–H groups in total. The van der Waals surface area contributed by atoms with E-state index in [0.717, 1.165) is 31.2 Å². The first-order chi connectivity index (χ1) is 7.70. The molecule has 0 radical (unpaired) electrons. The van der Waals surface area contributed by atoms with Crippen molar-refractivity contribution in [3.8, 4) is 0 Å². The summed E-state index contributed by atoms with van der Waals surface area (Å²) in [4.78, 5) is 10.9. The van der Waals surface area contributed by atoms with Crippen LogP contribution in [0.5, 0.6) is 0 Å². The third-order valence-electron chi connectivity index (χ3n) is 3.00. The summed E-state index contributed by atoms with van der Waals surface area (Å²) in [6.07, 6.45) is 2.72. The average molecular weight is 223 g/mol. The van der Waals surface area contributed by atoms with Gasteiger partial charge in [-0.2, -0.15) is 0 Å². The van der Waals surface area contributed by atoms with Gasteiger partial charge in [-0.1, -0.05) is 13.8 Å². The van der Waals surface area contributed by atoms with E-state index in [4.69, 9.17) is 0 Å². The lowest BCUT2D eigenvalue weighted by atomic mass is 10.1. The molecule has 1 aliphatic heterocycles. The Bertz CT molecular complexity index is 354. The Morgan fingerprint density at radius 3 is 3.00 bits per heavy atom. The van der Waals surface area contributed by atoms with Gasteiger partial charge < -0.3 is 4.90 Å². The Balaban J connectivity index is 2.12. The summed E-state index contributed by atoms with van der Waals surface area (Å²) in [6, 6.07) is 1.91. The van der Waals surface area contributed by atoms with E-state index in [1.165, 1.54) is 0 Å². The normalized spacial score (nSPS) is 20.8. The highest BCUT2D eigenvalue weighted by Crippen LogP contribution is 2.23. The summed E-state index contributed by atoms with van der Waals surface area (Å²) in [7, 11) is 0. The Morgan fingerprint density at radius 2 is 2.38 bits per heavy atom. The SMILES string of the molecule is CC(C)c1nccc(N2CCC(CF)C2)n1. The fourth-order valence-corrected chi connectivity index (χ4v) is 1.98. The minimum absolute atomic E-state index is 0.178. The predicted molar refractivity (Wildman–Crippen MR) is 62.4 cm³/mol. The van der Waals surface area contributed by atoms with Crippen molar-refractivity contribution in [2.75, 3.05) is 24.7 Å². The first-order valence-electron chi connectivity index (χ1n) is 5.84. The van der Waals surface area contributed by atoms with Crippen molar-refractivity contribution in [1.82, 2.24) is 9.97 Å². The molecule has 1 unspecified atom stereocenters. The van der Waals surface area contributed by atoms with E-state index in [-0.39, 0.29) is 12.6 Å². The summed E-state index contributed by atoms with van der Waals surface area (Å²) in [5, 5.41) is 0. The first-order valence-corrected chi connectivity index (χ1v) is 5.84. The molecule has 1 atom stereocenters. The van der Waals surface area contributed by atoms with Crippen LogP contribution >= 0.6 is 0 Å². The molecular weight excluding hydrogens is 205 g/mol. The molecule has 0 saturated carbocycles. The number of anilines is 1. The van der Waals surface area contributed by atoms with Crippen LogP contribution in [0.3, 0.4) is 0 Å². The lowest BCUT2D eigenvalue weighted by Gasteiger charge is -2.17. The lowest BCUT2D eigenvalue weighted by molar-refractivity contribution is 0.384. The molecule has 0 amide bonds. The first kappa shape index (κ1) is 11.3. The number of hydrogen-bond donors (Lipinski definition) is 0. The van der Waals surface area contributed by atoms with Gasteiger partial charge in [-0.3, -0.25) is 4.39 Å². The van der Waals surface area contributed by atoms with Gasteiger partial charge in [-0.25, -0.2) is 9.97 Å². The molecule has 1 saturated heterocycles. The zero-order chi connectivity index (χ0) is 11.5. The Morgan fingerprint density at radius 1 is 1.56 bits per heavy atom. The Kier molecular flexibility index (Phi) is 3.36. The molecule has 0 aliphatic carbocycles. The molecule has 1 aromatic heterocycles. The molecule has 16 heavy (non-hydrogen) atoms. The molecule has 0 spiro atoms. The van der Waals surface area contributed by atoms with E-state index in [1.54, 1.807) is 6.20 Å². The quantitative estimate of drug-likeness (QED) is 0.788. The van der Waals surface area contributed by atoms with Gasteiger partial charge in [-0.05, 0) is 12.5 Å². The highest BCUT2D eigenvalue weighted by Gasteiger charge is 2.23. The Labute approximate surface area is 95.7 Å². The fourth-order valence-electron chi connectivity index (χ4n) is 1.98. The second-order valence-electron chi connectivity index (χ2n) is 4.68. The molecule has 4 heteroatoms. The van der Waals surface area contributed by atoms with E-state index in [1.807, 2.05) is 6.07 Å². The van der Waals surface area contributed by atoms with Gasteiger partial charge in [0.1, 0.15) is 11.6 Å². The van der Waals surface area contributed by atoms with Gasteiger partial charge in [0.25, 0.3) is 0 Å². The summed E-state index contributed by atoms with van der Waals surface area (Å²) in [5.74, 6) is 2.31. The fraction of sp³-hybridized carbons (Fsp3) is 0.667. The molecule has 0 bridgehead atoms. The van der Waals surface area contributed by atoms with Crippen LogP contribution in [0.1, 0.15) is 32.0 Å². The summed E-state index contributed by atoms with van der Waals surface area (Å²) >= 11 is 0. The molecule has 1 fully saturated rings. The number of hydrogen-bond acceptors (Lipinski definition) is 3. The van der Waals surface area contributed by atoms with Crippen LogP contribution in [-0.4, -0.2) is 29.7 Å². The van der Waals surface area contributed by atoms with Crippen LogP contribution < -0.4 is 4.90 Å².